The van der Waals surface area contributed by atoms with Crippen LogP contribution in [-0.2, 0) is 11.2 Å². The molecule has 0 aliphatic carbocycles. The second-order valence-corrected chi connectivity index (χ2v) is 5.13. The van der Waals surface area contributed by atoms with Gasteiger partial charge in [0.05, 0.1) is 6.54 Å². The van der Waals surface area contributed by atoms with Crippen LogP contribution in [0.5, 0.6) is 11.5 Å². The molecule has 116 valence electrons. The number of hydrogen-bond donors (Lipinski definition) is 2. The number of nitrogens with one attached hydrogen (secondary N) is 1. The molecule has 0 radical (unpaired) electrons. The third-order valence-electron chi connectivity index (χ3n) is 3.26. The van der Waals surface area contributed by atoms with Crippen molar-refractivity contribution >= 4 is 11.6 Å². The third-order valence-corrected chi connectivity index (χ3v) is 3.26. The lowest BCUT2D eigenvalue weighted by Gasteiger charge is -2.09. The normalized spacial score (nSPS) is 10.3. The molecule has 3 N–H and O–H groups in total. The second kappa shape index (κ2) is 8.20. The summed E-state index contributed by atoms with van der Waals surface area (Å²) < 4.78 is 5.87. The Kier molecular flexibility index (Phi) is 5.98. The molecule has 0 fully saturated rings. The van der Waals surface area contributed by atoms with Crippen LogP contribution in [0.25, 0.3) is 0 Å². The van der Waals surface area contributed by atoms with E-state index in [2.05, 4.69) is 24.4 Å². The SMILES string of the molecule is CCCCc1cccc(Oc2cccc(NC(=O)CN)c2)c1. The smallest absolute Gasteiger partial charge is 0.238 e. The summed E-state index contributed by atoms with van der Waals surface area (Å²) in [5.74, 6) is 1.26. The first kappa shape index (κ1) is 16.0. The molecule has 1 amide bonds. The molecule has 0 atom stereocenters. The number of anilines is 1. The van der Waals surface area contributed by atoms with E-state index in [-0.39, 0.29) is 12.5 Å². The molecule has 0 heterocycles. The lowest BCUT2D eigenvalue weighted by Crippen LogP contribution is -2.21. The highest BCUT2D eigenvalue weighted by Gasteiger charge is 2.03. The quantitative estimate of drug-likeness (QED) is 0.819. The Morgan fingerprint density at radius 3 is 2.59 bits per heavy atom. The molecule has 0 aliphatic heterocycles. The molecular weight excluding hydrogens is 276 g/mol. The lowest BCUT2D eigenvalue weighted by atomic mass is 10.1. The zero-order valence-electron chi connectivity index (χ0n) is 12.8. The summed E-state index contributed by atoms with van der Waals surface area (Å²) >= 11 is 0. The van der Waals surface area contributed by atoms with Gasteiger partial charge in [0.25, 0.3) is 0 Å². The molecule has 22 heavy (non-hydrogen) atoms. The number of ether oxygens (including phenoxy) is 1. The minimum atomic E-state index is -0.223. The fraction of sp³-hybridized carbons (Fsp3) is 0.278. The van der Waals surface area contributed by atoms with E-state index < -0.39 is 0 Å². The maximum absolute atomic E-state index is 11.3. The largest absolute Gasteiger partial charge is 0.457 e. The summed E-state index contributed by atoms with van der Waals surface area (Å²) in [6.45, 7) is 2.14. The monoisotopic (exact) mass is 298 g/mol. The van der Waals surface area contributed by atoms with Crippen LogP contribution in [0.2, 0.25) is 0 Å². The van der Waals surface area contributed by atoms with Crippen molar-refractivity contribution in [3.8, 4) is 11.5 Å². The summed E-state index contributed by atoms with van der Waals surface area (Å²) in [5.41, 5.74) is 7.24. The zero-order chi connectivity index (χ0) is 15.8. The van der Waals surface area contributed by atoms with E-state index in [9.17, 15) is 4.79 Å². The van der Waals surface area contributed by atoms with Gasteiger partial charge < -0.3 is 15.8 Å². The van der Waals surface area contributed by atoms with Gasteiger partial charge in [-0.25, -0.2) is 0 Å². The van der Waals surface area contributed by atoms with Crippen molar-refractivity contribution in [2.45, 2.75) is 26.2 Å². The van der Waals surface area contributed by atoms with Crippen LogP contribution in [0.3, 0.4) is 0 Å². The van der Waals surface area contributed by atoms with Crippen LogP contribution >= 0.6 is 0 Å². The Morgan fingerprint density at radius 1 is 1.14 bits per heavy atom. The molecule has 0 unspecified atom stereocenters. The number of hydrogen-bond acceptors (Lipinski definition) is 3. The van der Waals surface area contributed by atoms with Gasteiger partial charge in [-0.15, -0.1) is 0 Å². The summed E-state index contributed by atoms with van der Waals surface area (Å²) in [5, 5.41) is 2.71. The average Bonchev–Trinajstić information content (AvgIpc) is 2.53. The number of carbonyl (C=O) groups excluding carboxylic acids is 1. The summed E-state index contributed by atoms with van der Waals surface area (Å²) in [7, 11) is 0. The van der Waals surface area contributed by atoms with Gasteiger partial charge in [-0.2, -0.15) is 0 Å². The van der Waals surface area contributed by atoms with Gasteiger partial charge in [0.2, 0.25) is 5.91 Å². The van der Waals surface area contributed by atoms with Crippen molar-refractivity contribution in [2.24, 2.45) is 5.73 Å². The van der Waals surface area contributed by atoms with Crippen molar-refractivity contribution < 1.29 is 9.53 Å². The molecule has 4 nitrogen and oxygen atoms in total. The van der Waals surface area contributed by atoms with Crippen LogP contribution in [0.15, 0.2) is 48.5 Å². The third kappa shape index (κ3) is 4.90. The predicted octanol–water partition coefficient (Wildman–Crippen LogP) is 3.72. The molecule has 2 aromatic rings. The first-order chi connectivity index (χ1) is 10.7. The highest BCUT2D eigenvalue weighted by molar-refractivity contribution is 5.92. The molecule has 0 spiro atoms. The summed E-state index contributed by atoms with van der Waals surface area (Å²) in [6, 6.07) is 15.4. The molecule has 0 bridgehead atoms. The number of unbranched alkanes of at least 4 members (excludes halogenated alkanes) is 1. The Morgan fingerprint density at radius 2 is 1.86 bits per heavy atom. The summed E-state index contributed by atoms with van der Waals surface area (Å²) in [4.78, 5) is 11.3. The van der Waals surface area contributed by atoms with Crippen LogP contribution in [-0.4, -0.2) is 12.5 Å². The molecular formula is C18H22N2O2. The zero-order valence-corrected chi connectivity index (χ0v) is 12.8. The van der Waals surface area contributed by atoms with Crippen molar-refractivity contribution in [3.05, 3.63) is 54.1 Å². The first-order valence-corrected chi connectivity index (χ1v) is 7.58. The lowest BCUT2D eigenvalue weighted by molar-refractivity contribution is -0.114. The van der Waals surface area contributed by atoms with E-state index >= 15 is 0 Å². The van der Waals surface area contributed by atoms with Crippen LogP contribution in [0.1, 0.15) is 25.3 Å². The molecule has 2 rings (SSSR count). The van der Waals surface area contributed by atoms with Crippen molar-refractivity contribution in [1.29, 1.82) is 0 Å². The number of amides is 1. The fourth-order valence-corrected chi connectivity index (χ4v) is 2.13. The standard InChI is InChI=1S/C18H22N2O2/c1-2-3-6-14-7-4-9-16(11-14)22-17-10-5-8-15(12-17)20-18(21)13-19/h4-5,7-12H,2-3,6,13,19H2,1H3,(H,20,21). The van der Waals surface area contributed by atoms with Gasteiger partial charge in [0, 0.05) is 11.8 Å². The minimum Gasteiger partial charge on any atom is -0.457 e. The van der Waals surface area contributed by atoms with Gasteiger partial charge in [0.15, 0.2) is 0 Å². The highest BCUT2D eigenvalue weighted by Crippen LogP contribution is 2.25. The first-order valence-electron chi connectivity index (χ1n) is 7.58. The minimum absolute atomic E-state index is 0.0371. The van der Waals surface area contributed by atoms with Gasteiger partial charge in [0.1, 0.15) is 11.5 Å². The number of aryl methyl sites for hydroxylation is 1. The maximum atomic E-state index is 11.3. The number of benzene rings is 2. The Labute approximate surface area is 131 Å². The maximum Gasteiger partial charge on any atom is 0.238 e. The molecule has 0 saturated heterocycles. The number of carbonyl (C=O) groups is 1. The van der Waals surface area contributed by atoms with Crippen molar-refractivity contribution in [1.82, 2.24) is 0 Å². The molecule has 4 heteroatoms. The van der Waals surface area contributed by atoms with E-state index in [0.717, 1.165) is 12.2 Å². The van der Waals surface area contributed by atoms with Crippen LogP contribution in [0.4, 0.5) is 5.69 Å². The van der Waals surface area contributed by atoms with Crippen LogP contribution in [0, 0.1) is 0 Å². The van der Waals surface area contributed by atoms with E-state index in [1.54, 1.807) is 12.1 Å². The van der Waals surface area contributed by atoms with Gasteiger partial charge in [-0.05, 0) is 42.7 Å². The highest BCUT2D eigenvalue weighted by atomic mass is 16.5. The molecule has 0 saturated carbocycles. The van der Waals surface area contributed by atoms with E-state index in [0.29, 0.717) is 11.4 Å². The predicted molar refractivity (Wildman–Crippen MR) is 89.3 cm³/mol. The van der Waals surface area contributed by atoms with E-state index in [1.165, 1.54) is 18.4 Å². The molecule has 0 aliphatic rings. The molecule has 2 aromatic carbocycles. The fourth-order valence-electron chi connectivity index (χ4n) is 2.13. The Bertz CT molecular complexity index is 626. The summed E-state index contributed by atoms with van der Waals surface area (Å²) in [6.07, 6.45) is 3.40. The van der Waals surface area contributed by atoms with Crippen molar-refractivity contribution in [2.75, 3.05) is 11.9 Å². The van der Waals surface area contributed by atoms with Gasteiger partial charge in [-0.3, -0.25) is 4.79 Å². The average molecular weight is 298 g/mol. The van der Waals surface area contributed by atoms with Crippen LogP contribution < -0.4 is 15.8 Å². The second-order valence-electron chi connectivity index (χ2n) is 5.13. The Balaban J connectivity index is 2.07. The van der Waals surface area contributed by atoms with E-state index in [4.69, 9.17) is 10.5 Å². The Hall–Kier alpha value is -2.33. The molecule has 0 aromatic heterocycles. The number of nitrogens with two attached hydrogens (primary N) is 1. The number of rotatable bonds is 7. The topological polar surface area (TPSA) is 64.3 Å². The van der Waals surface area contributed by atoms with Gasteiger partial charge >= 0.3 is 0 Å². The van der Waals surface area contributed by atoms with Crippen molar-refractivity contribution in [3.63, 3.8) is 0 Å². The van der Waals surface area contributed by atoms with Gasteiger partial charge in [-0.1, -0.05) is 31.5 Å². The van der Waals surface area contributed by atoms with E-state index in [1.807, 2.05) is 24.3 Å².